The van der Waals surface area contributed by atoms with Crippen LogP contribution in [-0.4, -0.2) is 11.1 Å². The van der Waals surface area contributed by atoms with E-state index in [4.69, 9.17) is 46.4 Å². The van der Waals surface area contributed by atoms with Crippen molar-refractivity contribution in [2.45, 2.75) is 0 Å². The molecule has 0 amide bonds. The van der Waals surface area contributed by atoms with Gasteiger partial charge in [-0.05, 0) is 33.0 Å². The van der Waals surface area contributed by atoms with Gasteiger partial charge in [-0.1, -0.05) is 82.8 Å². The maximum atomic E-state index is 12.1. The van der Waals surface area contributed by atoms with E-state index in [1.54, 1.807) is 6.07 Å². The molecular weight excluding hydrogens is 426 g/mol. The molecule has 5 rings (SSSR count). The fourth-order valence-corrected chi connectivity index (χ4v) is 5.05. The van der Waals surface area contributed by atoms with Crippen LogP contribution in [0.4, 0.5) is 0 Å². The molecule has 0 atom stereocenters. The Hall–Kier alpha value is -1.97. The third-order valence-corrected chi connectivity index (χ3v) is 6.67. The quantitative estimate of drug-likeness (QED) is 0.214. The second-order valence-electron chi connectivity index (χ2n) is 6.36. The van der Waals surface area contributed by atoms with Gasteiger partial charge in [-0.25, -0.2) is 4.79 Å². The summed E-state index contributed by atoms with van der Waals surface area (Å²) in [4.78, 5) is 12.1. The van der Waals surface area contributed by atoms with E-state index >= 15 is 0 Å². The molecule has 0 saturated heterocycles. The van der Waals surface area contributed by atoms with Crippen molar-refractivity contribution in [3.63, 3.8) is 0 Å². The lowest BCUT2D eigenvalue weighted by atomic mass is 9.87. The number of carboxylic acid groups (broad SMARTS) is 1. The van der Waals surface area contributed by atoms with E-state index in [0.29, 0.717) is 21.2 Å². The first-order valence-corrected chi connectivity index (χ1v) is 9.51. The SMILES string of the molecule is O=C(O)c1c(Cl)c(Cl)c2c(Cl)c(Cl)cc3c4cccc5cccc(c1c23)c54. The molecule has 0 aromatic heterocycles. The van der Waals surface area contributed by atoms with Crippen LogP contribution in [0.5, 0.6) is 0 Å². The third kappa shape index (κ3) is 2.13. The van der Waals surface area contributed by atoms with Gasteiger partial charge in [0.1, 0.15) is 0 Å². The number of rotatable bonds is 1. The van der Waals surface area contributed by atoms with Crippen molar-refractivity contribution in [2.75, 3.05) is 0 Å². The zero-order valence-electron chi connectivity index (χ0n) is 13.4. The minimum absolute atomic E-state index is 0.0317. The molecule has 2 nitrogen and oxygen atoms in total. The van der Waals surface area contributed by atoms with E-state index in [-0.39, 0.29) is 20.6 Å². The average molecular weight is 434 g/mol. The summed E-state index contributed by atoms with van der Waals surface area (Å²) in [6, 6.07) is 13.5. The molecule has 0 unspecified atom stereocenters. The molecule has 5 aromatic rings. The van der Waals surface area contributed by atoms with Crippen LogP contribution in [0.15, 0.2) is 42.5 Å². The molecule has 0 bridgehead atoms. The van der Waals surface area contributed by atoms with Crippen LogP contribution >= 0.6 is 46.4 Å². The lowest BCUT2D eigenvalue weighted by Crippen LogP contribution is -2.02. The number of benzene rings is 5. The highest BCUT2D eigenvalue weighted by atomic mass is 35.5. The summed E-state index contributed by atoms with van der Waals surface area (Å²) in [7, 11) is 0. The van der Waals surface area contributed by atoms with Crippen molar-refractivity contribution >= 4 is 95.5 Å². The highest BCUT2D eigenvalue weighted by Gasteiger charge is 2.26. The summed E-state index contributed by atoms with van der Waals surface area (Å²) in [6.45, 7) is 0. The number of hydrogen-bond acceptors (Lipinski definition) is 1. The van der Waals surface area contributed by atoms with Crippen LogP contribution in [0.3, 0.4) is 0 Å². The number of carboxylic acids is 1. The molecule has 0 radical (unpaired) electrons. The molecule has 5 aromatic carbocycles. The van der Waals surface area contributed by atoms with E-state index in [2.05, 4.69) is 0 Å². The Labute approximate surface area is 173 Å². The molecule has 27 heavy (non-hydrogen) atoms. The normalized spacial score (nSPS) is 12.0. The molecule has 132 valence electrons. The van der Waals surface area contributed by atoms with Gasteiger partial charge in [0.25, 0.3) is 0 Å². The molecule has 0 saturated carbocycles. The highest BCUT2D eigenvalue weighted by molar-refractivity contribution is 6.55. The minimum atomic E-state index is -1.15. The number of halogens is 4. The van der Waals surface area contributed by atoms with E-state index in [0.717, 1.165) is 26.9 Å². The summed E-state index contributed by atoms with van der Waals surface area (Å²) in [5.41, 5.74) is -0.0317. The number of fused-ring (bicyclic) bond motifs is 2. The average Bonchev–Trinajstić information content (AvgIpc) is 2.64. The van der Waals surface area contributed by atoms with Crippen LogP contribution in [0.2, 0.25) is 20.1 Å². The minimum Gasteiger partial charge on any atom is -0.478 e. The molecule has 0 fully saturated rings. The molecule has 0 aliphatic carbocycles. The molecule has 0 aliphatic rings. The monoisotopic (exact) mass is 432 g/mol. The maximum absolute atomic E-state index is 12.1. The predicted octanol–water partition coefficient (Wildman–Crippen LogP) is 8.05. The second kappa shape index (κ2) is 5.76. The largest absolute Gasteiger partial charge is 0.478 e. The Morgan fingerprint density at radius 3 is 2.04 bits per heavy atom. The molecule has 1 N–H and O–H groups in total. The zero-order valence-corrected chi connectivity index (χ0v) is 16.4. The van der Waals surface area contributed by atoms with E-state index in [1.807, 2.05) is 36.4 Å². The van der Waals surface area contributed by atoms with Gasteiger partial charge in [0.2, 0.25) is 0 Å². The van der Waals surface area contributed by atoms with Crippen molar-refractivity contribution in [1.29, 1.82) is 0 Å². The van der Waals surface area contributed by atoms with Crippen molar-refractivity contribution < 1.29 is 9.90 Å². The zero-order chi connectivity index (χ0) is 19.0. The third-order valence-electron chi connectivity index (χ3n) is 5.03. The van der Waals surface area contributed by atoms with E-state index < -0.39 is 5.97 Å². The molecule has 0 aliphatic heterocycles. The van der Waals surface area contributed by atoms with Gasteiger partial charge in [-0.15, -0.1) is 0 Å². The Kier molecular flexibility index (Phi) is 3.66. The van der Waals surface area contributed by atoms with Crippen molar-refractivity contribution in [3.8, 4) is 0 Å². The summed E-state index contributed by atoms with van der Waals surface area (Å²) in [6.07, 6.45) is 0. The van der Waals surface area contributed by atoms with Crippen molar-refractivity contribution in [2.24, 2.45) is 0 Å². The first-order chi connectivity index (χ1) is 12.9. The van der Waals surface area contributed by atoms with Crippen LogP contribution in [0.1, 0.15) is 10.4 Å². The summed E-state index contributed by atoms with van der Waals surface area (Å²) in [5.74, 6) is -1.15. The Morgan fingerprint density at radius 1 is 0.704 bits per heavy atom. The van der Waals surface area contributed by atoms with Crippen molar-refractivity contribution in [3.05, 3.63) is 68.1 Å². The number of hydrogen-bond donors (Lipinski definition) is 1. The van der Waals surface area contributed by atoms with Crippen molar-refractivity contribution in [1.82, 2.24) is 0 Å². The lowest BCUT2D eigenvalue weighted by Gasteiger charge is -2.19. The van der Waals surface area contributed by atoms with Gasteiger partial charge >= 0.3 is 5.97 Å². The van der Waals surface area contributed by atoms with Crippen LogP contribution in [-0.2, 0) is 0 Å². The smallest absolute Gasteiger partial charge is 0.337 e. The molecule has 6 heteroatoms. The summed E-state index contributed by atoms with van der Waals surface area (Å²) < 4.78 is 0. The first-order valence-electron chi connectivity index (χ1n) is 8.00. The van der Waals surface area contributed by atoms with Crippen LogP contribution in [0, 0.1) is 0 Å². The fourth-order valence-electron chi connectivity index (χ4n) is 4.00. The molecule has 0 spiro atoms. The number of aromatic carboxylic acids is 1. The van der Waals surface area contributed by atoms with Gasteiger partial charge in [0.05, 0.1) is 25.7 Å². The van der Waals surface area contributed by atoms with Gasteiger partial charge in [0.15, 0.2) is 0 Å². The Morgan fingerprint density at radius 2 is 1.37 bits per heavy atom. The van der Waals surface area contributed by atoms with Gasteiger partial charge in [-0.2, -0.15) is 0 Å². The van der Waals surface area contributed by atoms with Gasteiger partial charge in [-0.3, -0.25) is 0 Å². The van der Waals surface area contributed by atoms with Gasteiger partial charge in [0, 0.05) is 16.2 Å². The Bertz CT molecular complexity index is 1430. The van der Waals surface area contributed by atoms with Gasteiger partial charge < -0.3 is 5.11 Å². The predicted molar refractivity (Wildman–Crippen MR) is 115 cm³/mol. The second-order valence-corrected chi connectivity index (χ2v) is 7.90. The number of carbonyl (C=O) groups is 1. The van der Waals surface area contributed by atoms with Crippen LogP contribution in [0.25, 0.3) is 43.1 Å². The topological polar surface area (TPSA) is 37.3 Å². The molecule has 0 heterocycles. The fraction of sp³-hybridized carbons (Fsp3) is 0. The summed E-state index contributed by atoms with van der Waals surface area (Å²) in [5, 5.41) is 16.7. The van der Waals surface area contributed by atoms with E-state index in [1.165, 1.54) is 0 Å². The first kappa shape index (κ1) is 17.2. The molecular formula is C21H8Cl4O2. The summed E-state index contributed by atoms with van der Waals surface area (Å²) >= 11 is 25.7. The standard InChI is InChI=1S/C21H8Cl4O2/c22-12-7-11-9-5-1-3-8-4-2-6-10(13(8)9)14-15(11)16(18(12)23)19(24)20(25)17(14)21(26)27/h1-7H,(H,26,27). The highest BCUT2D eigenvalue weighted by Crippen LogP contribution is 2.50. The van der Waals surface area contributed by atoms with E-state index in [9.17, 15) is 9.90 Å². The lowest BCUT2D eigenvalue weighted by molar-refractivity contribution is 0.0699. The van der Waals surface area contributed by atoms with Crippen LogP contribution < -0.4 is 0 Å². The Balaban J connectivity index is 2.33. The maximum Gasteiger partial charge on any atom is 0.337 e.